The van der Waals surface area contributed by atoms with Gasteiger partial charge in [-0.1, -0.05) is 0 Å². The Morgan fingerprint density at radius 3 is 2.82 bits per heavy atom. The van der Waals surface area contributed by atoms with E-state index < -0.39 is 0 Å². The highest BCUT2D eigenvalue weighted by atomic mass is 79.9. The maximum atomic E-state index is 13.7. The molecule has 0 unspecified atom stereocenters. The van der Waals surface area contributed by atoms with E-state index in [2.05, 4.69) is 31.2 Å². The van der Waals surface area contributed by atoms with Crippen molar-refractivity contribution in [3.05, 3.63) is 27.4 Å². The van der Waals surface area contributed by atoms with E-state index in [4.69, 9.17) is 0 Å². The number of rotatable bonds is 3. The average Bonchev–Trinajstić information content (AvgIpc) is 2.71. The highest BCUT2D eigenvalue weighted by Gasteiger charge is 2.14. The number of aromatic nitrogens is 2. The third kappa shape index (κ3) is 2.47. The minimum atomic E-state index is -0.386. The third-order valence-corrected chi connectivity index (χ3v) is 4.01. The van der Waals surface area contributed by atoms with Gasteiger partial charge in [-0.05, 0) is 41.2 Å². The van der Waals surface area contributed by atoms with Gasteiger partial charge in [-0.25, -0.2) is 14.4 Å². The summed E-state index contributed by atoms with van der Waals surface area (Å²) in [5, 5.41) is 4.84. The molecule has 6 heteroatoms. The van der Waals surface area contributed by atoms with Crippen molar-refractivity contribution in [3.63, 3.8) is 0 Å². The lowest BCUT2D eigenvalue weighted by atomic mass is 10.3. The first-order valence-electron chi connectivity index (χ1n) is 5.14. The van der Waals surface area contributed by atoms with Crippen molar-refractivity contribution in [1.82, 2.24) is 9.97 Å². The van der Waals surface area contributed by atoms with Crippen LogP contribution in [-0.4, -0.2) is 16.5 Å². The van der Waals surface area contributed by atoms with Crippen LogP contribution in [0.1, 0.15) is 12.6 Å². The summed E-state index contributed by atoms with van der Waals surface area (Å²) in [5.41, 5.74) is 0.353. The molecule has 0 aromatic carbocycles. The molecule has 0 aliphatic rings. The van der Waals surface area contributed by atoms with Crippen molar-refractivity contribution in [2.45, 2.75) is 13.8 Å². The Morgan fingerprint density at radius 2 is 2.24 bits per heavy atom. The number of hydrogen-bond acceptors (Lipinski definition) is 4. The van der Waals surface area contributed by atoms with E-state index >= 15 is 0 Å². The lowest BCUT2D eigenvalue weighted by Crippen LogP contribution is -2.06. The third-order valence-electron chi connectivity index (χ3n) is 2.18. The molecule has 3 nitrogen and oxygen atoms in total. The lowest BCUT2D eigenvalue weighted by molar-refractivity contribution is 0.606. The van der Waals surface area contributed by atoms with Crippen LogP contribution in [0.15, 0.2) is 15.9 Å². The maximum Gasteiger partial charge on any atom is 0.186 e. The Labute approximate surface area is 111 Å². The molecule has 0 radical (unpaired) electrons. The van der Waals surface area contributed by atoms with Crippen molar-refractivity contribution in [1.29, 1.82) is 0 Å². The van der Waals surface area contributed by atoms with Gasteiger partial charge < -0.3 is 5.32 Å². The topological polar surface area (TPSA) is 37.8 Å². The zero-order valence-corrected chi connectivity index (χ0v) is 11.8. The van der Waals surface area contributed by atoms with E-state index in [1.165, 1.54) is 11.3 Å². The molecule has 1 N–H and O–H groups in total. The predicted octanol–water partition coefficient (Wildman–Crippen LogP) is 3.85. The van der Waals surface area contributed by atoms with Gasteiger partial charge in [-0.2, -0.15) is 0 Å². The minimum absolute atomic E-state index is 0.260. The number of hydrogen-bond donors (Lipinski definition) is 1. The Kier molecular flexibility index (Phi) is 3.73. The highest BCUT2D eigenvalue weighted by Crippen LogP contribution is 2.32. The number of nitrogens with zero attached hydrogens (tertiary/aromatic N) is 2. The molecular weight excluding hydrogens is 305 g/mol. The molecule has 0 amide bonds. The van der Waals surface area contributed by atoms with E-state index in [0.29, 0.717) is 18.1 Å². The summed E-state index contributed by atoms with van der Waals surface area (Å²) in [6.07, 6.45) is 0. The first-order chi connectivity index (χ1) is 8.13. The van der Waals surface area contributed by atoms with Crippen LogP contribution in [0, 0.1) is 12.7 Å². The summed E-state index contributed by atoms with van der Waals surface area (Å²) >= 11 is 4.95. The molecule has 2 heterocycles. The fourth-order valence-electron chi connectivity index (χ4n) is 1.40. The van der Waals surface area contributed by atoms with Crippen LogP contribution in [0.4, 0.5) is 10.2 Å². The van der Waals surface area contributed by atoms with E-state index in [0.717, 1.165) is 9.35 Å². The van der Waals surface area contributed by atoms with E-state index in [-0.39, 0.29) is 11.6 Å². The van der Waals surface area contributed by atoms with Crippen LogP contribution in [0.2, 0.25) is 0 Å². The van der Waals surface area contributed by atoms with Gasteiger partial charge in [0.2, 0.25) is 0 Å². The Morgan fingerprint density at radius 1 is 1.47 bits per heavy atom. The zero-order chi connectivity index (χ0) is 12.4. The fraction of sp³-hybridized carbons (Fsp3) is 0.273. The van der Waals surface area contributed by atoms with Crippen molar-refractivity contribution in [2.75, 3.05) is 11.9 Å². The molecule has 0 atom stereocenters. The second-order valence-electron chi connectivity index (χ2n) is 3.42. The number of anilines is 1. The SMILES string of the molecule is CCNc1nc(-c2sccc2Br)nc(C)c1F. The normalized spacial score (nSPS) is 10.6. The van der Waals surface area contributed by atoms with Crippen LogP contribution >= 0.6 is 27.3 Å². The molecule has 0 saturated carbocycles. The molecule has 0 bridgehead atoms. The molecule has 0 aliphatic heterocycles. The van der Waals surface area contributed by atoms with Crippen LogP contribution < -0.4 is 5.32 Å². The standard InChI is InChI=1S/C11H11BrFN3S/c1-3-14-10-8(13)6(2)15-11(16-10)9-7(12)4-5-17-9/h4-5H,3H2,1-2H3,(H,14,15,16). The molecule has 17 heavy (non-hydrogen) atoms. The summed E-state index contributed by atoms with van der Waals surface area (Å²) in [6, 6.07) is 1.93. The van der Waals surface area contributed by atoms with E-state index in [9.17, 15) is 4.39 Å². The second-order valence-corrected chi connectivity index (χ2v) is 5.19. The Balaban J connectivity index is 2.53. The van der Waals surface area contributed by atoms with Crippen LogP contribution in [-0.2, 0) is 0 Å². The lowest BCUT2D eigenvalue weighted by Gasteiger charge is -2.08. The van der Waals surface area contributed by atoms with Gasteiger partial charge in [0.25, 0.3) is 0 Å². The number of halogens is 2. The highest BCUT2D eigenvalue weighted by molar-refractivity contribution is 9.10. The quantitative estimate of drug-likeness (QED) is 0.935. The van der Waals surface area contributed by atoms with Gasteiger partial charge in [0.1, 0.15) is 0 Å². The van der Waals surface area contributed by atoms with Gasteiger partial charge >= 0.3 is 0 Å². The van der Waals surface area contributed by atoms with Crippen molar-refractivity contribution in [2.24, 2.45) is 0 Å². The van der Waals surface area contributed by atoms with Gasteiger partial charge in [-0.3, -0.25) is 0 Å². The molecule has 0 saturated heterocycles. The number of aryl methyl sites for hydroxylation is 1. The largest absolute Gasteiger partial charge is 0.368 e. The summed E-state index contributed by atoms with van der Waals surface area (Å²) in [4.78, 5) is 9.29. The Hall–Kier alpha value is -1.01. The van der Waals surface area contributed by atoms with Gasteiger partial charge in [0.15, 0.2) is 17.5 Å². The van der Waals surface area contributed by atoms with Crippen LogP contribution in [0.5, 0.6) is 0 Å². The number of thiophene rings is 1. The predicted molar refractivity (Wildman–Crippen MR) is 71.9 cm³/mol. The summed E-state index contributed by atoms with van der Waals surface area (Å²) in [6.45, 7) is 4.17. The molecule has 2 aromatic rings. The number of nitrogens with one attached hydrogen (secondary N) is 1. The summed E-state index contributed by atoms with van der Waals surface area (Å²) in [5.74, 6) is 0.417. The second kappa shape index (κ2) is 5.10. The molecular formula is C11H11BrFN3S. The van der Waals surface area contributed by atoms with Crippen LogP contribution in [0.3, 0.4) is 0 Å². The van der Waals surface area contributed by atoms with Crippen molar-refractivity contribution >= 4 is 33.1 Å². The summed E-state index contributed by atoms with van der Waals surface area (Å²) < 4.78 is 14.6. The van der Waals surface area contributed by atoms with Crippen molar-refractivity contribution < 1.29 is 4.39 Å². The first-order valence-corrected chi connectivity index (χ1v) is 6.82. The molecule has 0 fully saturated rings. The zero-order valence-electron chi connectivity index (χ0n) is 9.42. The molecule has 90 valence electrons. The monoisotopic (exact) mass is 315 g/mol. The summed E-state index contributed by atoms with van der Waals surface area (Å²) in [7, 11) is 0. The first kappa shape index (κ1) is 12.4. The molecule has 2 rings (SSSR count). The molecule has 0 spiro atoms. The minimum Gasteiger partial charge on any atom is -0.368 e. The average molecular weight is 316 g/mol. The van der Waals surface area contributed by atoms with Gasteiger partial charge in [-0.15, -0.1) is 11.3 Å². The molecule has 0 aliphatic carbocycles. The fourth-order valence-corrected chi connectivity index (χ4v) is 2.88. The molecule has 2 aromatic heterocycles. The maximum absolute atomic E-state index is 13.7. The Bertz CT molecular complexity index is 542. The van der Waals surface area contributed by atoms with E-state index in [1.54, 1.807) is 6.92 Å². The van der Waals surface area contributed by atoms with Gasteiger partial charge in [0, 0.05) is 11.0 Å². The van der Waals surface area contributed by atoms with E-state index in [1.807, 2.05) is 18.4 Å². The van der Waals surface area contributed by atoms with Crippen LogP contribution in [0.25, 0.3) is 10.7 Å². The van der Waals surface area contributed by atoms with Crippen molar-refractivity contribution in [3.8, 4) is 10.7 Å². The van der Waals surface area contributed by atoms with Gasteiger partial charge in [0.05, 0.1) is 10.6 Å². The smallest absolute Gasteiger partial charge is 0.186 e.